The Morgan fingerprint density at radius 3 is 2.50 bits per heavy atom. The van der Waals surface area contributed by atoms with Crippen molar-refractivity contribution in [2.24, 2.45) is 0 Å². The molecule has 2 N–H and O–H groups in total. The quantitative estimate of drug-likeness (QED) is 0.865. The zero-order valence-corrected chi connectivity index (χ0v) is 12.1. The van der Waals surface area contributed by atoms with E-state index in [2.05, 4.69) is 43.0 Å². The van der Waals surface area contributed by atoms with Gasteiger partial charge in [0.25, 0.3) is 0 Å². The maximum atomic E-state index is 8.87. The van der Waals surface area contributed by atoms with Crippen LogP contribution in [0.1, 0.15) is 22.3 Å². The number of rotatable bonds is 3. The minimum absolute atomic E-state index is 0.589. The molecule has 0 heterocycles. The molecule has 102 valence electrons. The SMILES string of the molecule is Cc1ccc(CN(C)c2ccc(C#N)cc2N)c(C)c1. The molecule has 0 amide bonds. The molecule has 0 aliphatic carbocycles. The van der Waals surface area contributed by atoms with E-state index in [9.17, 15) is 0 Å². The summed E-state index contributed by atoms with van der Waals surface area (Å²) < 4.78 is 0. The van der Waals surface area contributed by atoms with Crippen molar-refractivity contribution in [2.45, 2.75) is 20.4 Å². The van der Waals surface area contributed by atoms with Gasteiger partial charge in [0.1, 0.15) is 0 Å². The molecule has 0 saturated heterocycles. The molecule has 0 aliphatic rings. The first-order valence-corrected chi connectivity index (χ1v) is 6.58. The summed E-state index contributed by atoms with van der Waals surface area (Å²) in [6, 6.07) is 14.0. The second kappa shape index (κ2) is 5.66. The number of nitrogen functional groups attached to an aromatic ring is 1. The van der Waals surface area contributed by atoms with Crippen LogP contribution in [0, 0.1) is 25.2 Å². The Morgan fingerprint density at radius 2 is 1.90 bits per heavy atom. The van der Waals surface area contributed by atoms with Crippen LogP contribution in [0.5, 0.6) is 0 Å². The topological polar surface area (TPSA) is 53.0 Å². The van der Waals surface area contributed by atoms with Gasteiger partial charge in [0, 0.05) is 13.6 Å². The van der Waals surface area contributed by atoms with E-state index in [1.807, 2.05) is 13.1 Å². The average molecular weight is 265 g/mol. The summed E-state index contributed by atoms with van der Waals surface area (Å²) in [5.41, 5.74) is 12.0. The van der Waals surface area contributed by atoms with E-state index in [4.69, 9.17) is 11.0 Å². The Kier molecular flexibility index (Phi) is 3.95. The van der Waals surface area contributed by atoms with Gasteiger partial charge in [-0.1, -0.05) is 23.8 Å². The van der Waals surface area contributed by atoms with Crippen LogP contribution in [0.25, 0.3) is 0 Å². The molecule has 0 aromatic heterocycles. The highest BCUT2D eigenvalue weighted by molar-refractivity contribution is 5.69. The first kappa shape index (κ1) is 14.0. The zero-order chi connectivity index (χ0) is 14.7. The van der Waals surface area contributed by atoms with Crippen molar-refractivity contribution >= 4 is 11.4 Å². The first-order chi connectivity index (χ1) is 9.51. The van der Waals surface area contributed by atoms with Crippen LogP contribution in [0.4, 0.5) is 11.4 Å². The Bertz CT molecular complexity index is 668. The van der Waals surface area contributed by atoms with Crippen molar-refractivity contribution in [1.29, 1.82) is 5.26 Å². The van der Waals surface area contributed by atoms with Crippen LogP contribution in [0.2, 0.25) is 0 Å². The van der Waals surface area contributed by atoms with Gasteiger partial charge in [-0.15, -0.1) is 0 Å². The third-order valence-corrected chi connectivity index (χ3v) is 3.47. The highest BCUT2D eigenvalue weighted by Crippen LogP contribution is 2.25. The summed E-state index contributed by atoms with van der Waals surface area (Å²) in [7, 11) is 2.01. The molecule has 3 heteroatoms. The Labute approximate surface area is 120 Å². The van der Waals surface area contributed by atoms with Gasteiger partial charge in [-0.2, -0.15) is 5.26 Å². The number of aryl methyl sites for hydroxylation is 2. The van der Waals surface area contributed by atoms with E-state index in [0.29, 0.717) is 11.3 Å². The third-order valence-electron chi connectivity index (χ3n) is 3.47. The van der Waals surface area contributed by atoms with Crippen molar-refractivity contribution in [2.75, 3.05) is 17.7 Å². The number of nitrogens with two attached hydrogens (primary N) is 1. The molecular weight excluding hydrogens is 246 g/mol. The van der Waals surface area contributed by atoms with Crippen molar-refractivity contribution < 1.29 is 0 Å². The number of anilines is 2. The first-order valence-electron chi connectivity index (χ1n) is 6.58. The van der Waals surface area contributed by atoms with Gasteiger partial charge < -0.3 is 10.6 Å². The van der Waals surface area contributed by atoms with Crippen molar-refractivity contribution in [1.82, 2.24) is 0 Å². The van der Waals surface area contributed by atoms with Crippen LogP contribution < -0.4 is 10.6 Å². The standard InChI is InChI=1S/C17H19N3/c1-12-4-6-15(13(2)8-12)11-20(3)17-7-5-14(10-18)9-16(17)19/h4-9H,11,19H2,1-3H3. The third kappa shape index (κ3) is 2.92. The fourth-order valence-corrected chi connectivity index (χ4v) is 2.34. The second-order valence-corrected chi connectivity index (χ2v) is 5.17. The summed E-state index contributed by atoms with van der Waals surface area (Å²) in [4.78, 5) is 2.11. The Morgan fingerprint density at radius 1 is 1.15 bits per heavy atom. The summed E-state index contributed by atoms with van der Waals surface area (Å²) in [5.74, 6) is 0. The number of nitriles is 1. The lowest BCUT2D eigenvalue weighted by Crippen LogP contribution is -2.18. The number of hydrogen-bond acceptors (Lipinski definition) is 3. The largest absolute Gasteiger partial charge is 0.397 e. The van der Waals surface area contributed by atoms with Crippen LogP contribution in [-0.4, -0.2) is 7.05 Å². The Hall–Kier alpha value is -2.47. The fourth-order valence-electron chi connectivity index (χ4n) is 2.34. The van der Waals surface area contributed by atoms with Crippen molar-refractivity contribution in [3.8, 4) is 6.07 Å². The molecule has 20 heavy (non-hydrogen) atoms. The van der Waals surface area contributed by atoms with Gasteiger partial charge in [0.2, 0.25) is 0 Å². The van der Waals surface area contributed by atoms with Gasteiger partial charge in [0.05, 0.1) is 23.0 Å². The predicted molar refractivity (Wildman–Crippen MR) is 83.6 cm³/mol. The molecule has 0 aliphatic heterocycles. The average Bonchev–Trinajstić information content (AvgIpc) is 2.41. The lowest BCUT2D eigenvalue weighted by Gasteiger charge is -2.22. The lowest BCUT2D eigenvalue weighted by molar-refractivity contribution is 0.915. The molecule has 0 atom stereocenters. The lowest BCUT2D eigenvalue weighted by atomic mass is 10.0. The predicted octanol–water partition coefficient (Wildman–Crippen LogP) is 3.39. The van der Waals surface area contributed by atoms with Gasteiger partial charge in [-0.25, -0.2) is 0 Å². The molecule has 0 radical (unpaired) electrons. The van der Waals surface area contributed by atoms with E-state index in [1.54, 1.807) is 12.1 Å². The van der Waals surface area contributed by atoms with E-state index in [-0.39, 0.29) is 0 Å². The highest BCUT2D eigenvalue weighted by atomic mass is 15.1. The molecule has 0 saturated carbocycles. The zero-order valence-electron chi connectivity index (χ0n) is 12.1. The molecule has 0 spiro atoms. The number of nitrogens with zero attached hydrogens (tertiary/aromatic N) is 2. The van der Waals surface area contributed by atoms with Crippen molar-refractivity contribution in [3.05, 3.63) is 58.7 Å². The van der Waals surface area contributed by atoms with E-state index >= 15 is 0 Å². The molecule has 2 rings (SSSR count). The van der Waals surface area contributed by atoms with Crippen molar-refractivity contribution in [3.63, 3.8) is 0 Å². The molecule has 0 unspecified atom stereocenters. The normalized spacial score (nSPS) is 10.1. The summed E-state index contributed by atoms with van der Waals surface area (Å²) in [5, 5.41) is 8.87. The molecule has 2 aromatic carbocycles. The minimum Gasteiger partial charge on any atom is -0.397 e. The smallest absolute Gasteiger partial charge is 0.0992 e. The van der Waals surface area contributed by atoms with Gasteiger partial charge in [-0.3, -0.25) is 0 Å². The van der Waals surface area contributed by atoms with E-state index in [1.165, 1.54) is 16.7 Å². The molecule has 0 bridgehead atoms. The van der Waals surface area contributed by atoms with E-state index < -0.39 is 0 Å². The molecule has 3 nitrogen and oxygen atoms in total. The second-order valence-electron chi connectivity index (χ2n) is 5.17. The number of hydrogen-bond donors (Lipinski definition) is 1. The van der Waals surface area contributed by atoms with Gasteiger partial charge in [-0.05, 0) is 43.2 Å². The molecule has 2 aromatic rings. The summed E-state index contributed by atoms with van der Waals surface area (Å²) in [6.45, 7) is 5.01. The monoisotopic (exact) mass is 265 g/mol. The molecular formula is C17H19N3. The minimum atomic E-state index is 0.589. The Balaban J connectivity index is 2.24. The van der Waals surface area contributed by atoms with Gasteiger partial charge in [0.15, 0.2) is 0 Å². The highest BCUT2D eigenvalue weighted by Gasteiger charge is 2.08. The fraction of sp³-hybridized carbons (Fsp3) is 0.235. The van der Waals surface area contributed by atoms with Crippen LogP contribution >= 0.6 is 0 Å². The van der Waals surface area contributed by atoms with Gasteiger partial charge >= 0.3 is 0 Å². The summed E-state index contributed by atoms with van der Waals surface area (Å²) >= 11 is 0. The van der Waals surface area contributed by atoms with Crippen LogP contribution in [0.15, 0.2) is 36.4 Å². The maximum Gasteiger partial charge on any atom is 0.0992 e. The van der Waals surface area contributed by atoms with E-state index in [0.717, 1.165) is 12.2 Å². The van der Waals surface area contributed by atoms with Crippen LogP contribution in [-0.2, 0) is 6.54 Å². The summed E-state index contributed by atoms with van der Waals surface area (Å²) in [6.07, 6.45) is 0. The van der Waals surface area contributed by atoms with Crippen LogP contribution in [0.3, 0.4) is 0 Å². The molecule has 0 fully saturated rings. The number of benzene rings is 2. The maximum absolute atomic E-state index is 8.87.